The first-order valence-electron chi connectivity index (χ1n) is 18.6. The van der Waals surface area contributed by atoms with Crippen LogP contribution in [-0.2, 0) is 16.2 Å². The number of hydrogen-bond acceptors (Lipinski definition) is 2. The average Bonchev–Trinajstić information content (AvgIpc) is 3.63. The van der Waals surface area contributed by atoms with Crippen LogP contribution in [0.4, 0.5) is 17.1 Å². The molecular formula is C50H43NO. The maximum absolute atomic E-state index is 6.98. The van der Waals surface area contributed by atoms with Crippen molar-refractivity contribution in [3.63, 3.8) is 0 Å². The summed E-state index contributed by atoms with van der Waals surface area (Å²) in [5.41, 5.74) is 17.0. The van der Waals surface area contributed by atoms with Gasteiger partial charge in [0, 0.05) is 38.2 Å². The third-order valence-corrected chi connectivity index (χ3v) is 12.2. The van der Waals surface area contributed by atoms with Crippen LogP contribution in [0.2, 0.25) is 0 Å². The molecule has 0 unspecified atom stereocenters. The fourth-order valence-corrected chi connectivity index (χ4v) is 9.52. The molecule has 0 spiro atoms. The molecule has 254 valence electrons. The first-order valence-corrected chi connectivity index (χ1v) is 18.6. The van der Waals surface area contributed by atoms with Crippen molar-refractivity contribution >= 4 is 49.8 Å². The molecular weight excluding hydrogens is 631 g/mol. The molecule has 0 bridgehead atoms. The first kappa shape index (κ1) is 31.2. The Morgan fingerprint density at radius 1 is 0.462 bits per heavy atom. The van der Waals surface area contributed by atoms with Gasteiger partial charge in [-0.1, -0.05) is 146 Å². The minimum atomic E-state index is -0.198. The molecule has 0 saturated heterocycles. The van der Waals surface area contributed by atoms with Crippen molar-refractivity contribution in [2.45, 2.75) is 64.7 Å². The number of fused-ring (bicyclic) bond motifs is 8. The molecule has 0 amide bonds. The lowest BCUT2D eigenvalue weighted by Gasteiger charge is -2.37. The lowest BCUT2D eigenvalue weighted by Crippen LogP contribution is -2.25. The summed E-state index contributed by atoms with van der Waals surface area (Å²) in [6.45, 7) is 16.4. The number of para-hydroxylation sites is 3. The SMILES string of the molecule is CC(C)(C)c1cccc2c1oc1c(N(c3ccccc3)c3ccc4c5c(cccc35)C(C)(C)c3cc5c(cc3-4)C(C)(C)c3ccccc3-5)cccc12. The molecule has 7 aromatic carbocycles. The first-order chi connectivity index (χ1) is 25.0. The largest absolute Gasteiger partial charge is 0.454 e. The van der Waals surface area contributed by atoms with Gasteiger partial charge in [0.1, 0.15) is 5.58 Å². The molecule has 10 rings (SSSR count). The van der Waals surface area contributed by atoms with E-state index in [1.807, 2.05) is 0 Å². The van der Waals surface area contributed by atoms with Gasteiger partial charge in [-0.05, 0) is 91.7 Å². The molecule has 2 nitrogen and oxygen atoms in total. The van der Waals surface area contributed by atoms with Crippen LogP contribution >= 0.6 is 0 Å². The van der Waals surface area contributed by atoms with Crippen LogP contribution in [0.25, 0.3) is 55.0 Å². The highest BCUT2D eigenvalue weighted by Crippen LogP contribution is 2.57. The zero-order chi connectivity index (χ0) is 35.7. The van der Waals surface area contributed by atoms with Gasteiger partial charge < -0.3 is 9.32 Å². The second-order valence-electron chi connectivity index (χ2n) is 17.0. The fourth-order valence-electron chi connectivity index (χ4n) is 9.52. The summed E-state index contributed by atoms with van der Waals surface area (Å²) in [6, 6.07) is 49.6. The molecule has 52 heavy (non-hydrogen) atoms. The molecule has 0 radical (unpaired) electrons. The van der Waals surface area contributed by atoms with Crippen molar-refractivity contribution in [2.75, 3.05) is 4.90 Å². The van der Waals surface area contributed by atoms with Crippen molar-refractivity contribution in [2.24, 2.45) is 0 Å². The maximum atomic E-state index is 6.98. The second kappa shape index (κ2) is 10.5. The van der Waals surface area contributed by atoms with Crippen molar-refractivity contribution < 1.29 is 4.42 Å². The van der Waals surface area contributed by atoms with Crippen molar-refractivity contribution in [3.05, 3.63) is 161 Å². The lowest BCUT2D eigenvalue weighted by molar-refractivity contribution is 0.573. The summed E-state index contributed by atoms with van der Waals surface area (Å²) in [4.78, 5) is 2.41. The van der Waals surface area contributed by atoms with E-state index in [0.717, 1.165) is 39.0 Å². The number of furan rings is 1. The number of benzene rings is 7. The molecule has 0 N–H and O–H groups in total. The van der Waals surface area contributed by atoms with Gasteiger partial charge in [0.05, 0.1) is 11.4 Å². The Morgan fingerprint density at radius 3 is 1.81 bits per heavy atom. The van der Waals surface area contributed by atoms with Crippen LogP contribution in [0, 0.1) is 0 Å². The van der Waals surface area contributed by atoms with E-state index in [2.05, 4.69) is 187 Å². The van der Waals surface area contributed by atoms with E-state index in [1.54, 1.807) is 0 Å². The van der Waals surface area contributed by atoms with Crippen LogP contribution < -0.4 is 4.90 Å². The Bertz CT molecular complexity index is 2770. The van der Waals surface area contributed by atoms with Gasteiger partial charge in [-0.2, -0.15) is 0 Å². The van der Waals surface area contributed by atoms with Gasteiger partial charge >= 0.3 is 0 Å². The number of rotatable bonds is 3. The Morgan fingerprint density at radius 2 is 1.06 bits per heavy atom. The normalized spacial score (nSPS) is 15.1. The molecule has 8 aromatic rings. The maximum Gasteiger partial charge on any atom is 0.159 e. The average molecular weight is 674 g/mol. The third-order valence-electron chi connectivity index (χ3n) is 12.2. The summed E-state index contributed by atoms with van der Waals surface area (Å²) < 4.78 is 6.98. The highest BCUT2D eigenvalue weighted by molar-refractivity contribution is 6.14. The van der Waals surface area contributed by atoms with E-state index in [1.165, 1.54) is 60.8 Å². The summed E-state index contributed by atoms with van der Waals surface area (Å²) in [6.07, 6.45) is 0. The van der Waals surface area contributed by atoms with Crippen LogP contribution in [0.1, 0.15) is 76.3 Å². The van der Waals surface area contributed by atoms with Crippen molar-refractivity contribution in [1.29, 1.82) is 0 Å². The number of anilines is 3. The number of nitrogens with zero attached hydrogens (tertiary/aromatic N) is 1. The quantitative estimate of drug-likeness (QED) is 0.186. The van der Waals surface area contributed by atoms with Crippen LogP contribution in [0.3, 0.4) is 0 Å². The van der Waals surface area contributed by atoms with Gasteiger partial charge in [0.15, 0.2) is 5.58 Å². The lowest BCUT2D eigenvalue weighted by atomic mass is 9.67. The molecule has 2 aliphatic rings. The molecule has 0 atom stereocenters. The Kier molecular flexibility index (Phi) is 6.28. The van der Waals surface area contributed by atoms with Gasteiger partial charge in [-0.25, -0.2) is 0 Å². The Hall–Kier alpha value is -5.60. The Balaban J connectivity index is 1.25. The third kappa shape index (κ3) is 4.12. The highest BCUT2D eigenvalue weighted by Gasteiger charge is 2.40. The van der Waals surface area contributed by atoms with E-state index >= 15 is 0 Å². The standard InChI is InChI=1S/C50H43NO/c1-48(2,3)40-24-13-19-33-34-20-15-25-44(47(34)52-46(33)40)51(30-16-9-8-10-17-30)43-27-26-32-37-29-41-36(31-18-11-12-22-38(31)49(41,4)5)28-42(37)50(6,7)39-23-14-21-35(43)45(32)39/h8-29H,1-7H3. The van der Waals surface area contributed by atoms with E-state index in [9.17, 15) is 0 Å². The smallest absolute Gasteiger partial charge is 0.159 e. The number of hydrogen-bond donors (Lipinski definition) is 0. The summed E-state index contributed by atoms with van der Waals surface area (Å²) in [5, 5.41) is 4.86. The topological polar surface area (TPSA) is 16.4 Å². The van der Waals surface area contributed by atoms with Crippen molar-refractivity contribution in [1.82, 2.24) is 0 Å². The zero-order valence-corrected chi connectivity index (χ0v) is 31.1. The van der Waals surface area contributed by atoms with Gasteiger partial charge in [-0.3, -0.25) is 0 Å². The van der Waals surface area contributed by atoms with Crippen LogP contribution in [0.5, 0.6) is 0 Å². The van der Waals surface area contributed by atoms with Crippen LogP contribution in [0.15, 0.2) is 138 Å². The summed E-state index contributed by atoms with van der Waals surface area (Å²) >= 11 is 0. The predicted molar refractivity (Wildman–Crippen MR) is 220 cm³/mol. The Labute approximate surface area is 306 Å². The van der Waals surface area contributed by atoms with E-state index in [-0.39, 0.29) is 16.2 Å². The minimum Gasteiger partial charge on any atom is -0.454 e. The van der Waals surface area contributed by atoms with Crippen LogP contribution in [-0.4, -0.2) is 0 Å². The molecule has 0 aliphatic heterocycles. The van der Waals surface area contributed by atoms with Gasteiger partial charge in [0.25, 0.3) is 0 Å². The van der Waals surface area contributed by atoms with Crippen molar-refractivity contribution in [3.8, 4) is 22.3 Å². The van der Waals surface area contributed by atoms with Gasteiger partial charge in [-0.15, -0.1) is 0 Å². The van der Waals surface area contributed by atoms with E-state index < -0.39 is 0 Å². The molecule has 0 fully saturated rings. The van der Waals surface area contributed by atoms with Gasteiger partial charge in [0.2, 0.25) is 0 Å². The molecule has 2 heteroatoms. The summed E-state index contributed by atoms with van der Waals surface area (Å²) in [7, 11) is 0. The monoisotopic (exact) mass is 673 g/mol. The second-order valence-corrected chi connectivity index (χ2v) is 17.0. The summed E-state index contributed by atoms with van der Waals surface area (Å²) in [5.74, 6) is 0. The molecule has 1 heterocycles. The van der Waals surface area contributed by atoms with E-state index in [4.69, 9.17) is 4.42 Å². The predicted octanol–water partition coefficient (Wildman–Crippen LogP) is 14.1. The molecule has 0 saturated carbocycles. The molecule has 1 aromatic heterocycles. The minimum absolute atomic E-state index is 0.0515. The zero-order valence-electron chi connectivity index (χ0n) is 31.1. The fraction of sp³-hybridized carbons (Fsp3) is 0.200. The van der Waals surface area contributed by atoms with E-state index in [0.29, 0.717) is 0 Å². The molecule has 2 aliphatic carbocycles. The highest BCUT2D eigenvalue weighted by atomic mass is 16.3.